The number of rotatable bonds is 9. The zero-order chi connectivity index (χ0) is 19.0. The first-order chi connectivity index (χ1) is 12.4. The molecule has 0 atom stereocenters. The van der Waals surface area contributed by atoms with Crippen molar-refractivity contribution in [3.63, 3.8) is 0 Å². The zero-order valence-corrected chi connectivity index (χ0v) is 16.2. The Balaban J connectivity index is 1.72. The summed E-state index contributed by atoms with van der Waals surface area (Å²) in [6, 6.07) is 12.4. The van der Waals surface area contributed by atoms with E-state index in [1.807, 2.05) is 30.3 Å². The Kier molecular flexibility index (Phi) is 7.43. The van der Waals surface area contributed by atoms with Gasteiger partial charge in [-0.15, -0.1) is 0 Å². The first-order valence-electron chi connectivity index (χ1n) is 7.85. The van der Waals surface area contributed by atoms with Crippen LogP contribution in [-0.4, -0.2) is 56.6 Å². The third kappa shape index (κ3) is 6.01. The van der Waals surface area contributed by atoms with Gasteiger partial charge in [-0.3, -0.25) is 4.79 Å². The highest BCUT2D eigenvalue weighted by atomic mass is 32.2. The van der Waals surface area contributed by atoms with Crippen molar-refractivity contribution in [1.29, 1.82) is 0 Å². The summed E-state index contributed by atoms with van der Waals surface area (Å²) < 4.78 is 30.5. The van der Waals surface area contributed by atoms with Crippen LogP contribution in [0.4, 0.5) is 0 Å². The average molecular weight is 396 g/mol. The van der Waals surface area contributed by atoms with Gasteiger partial charge in [-0.25, -0.2) is 17.7 Å². The molecule has 1 heterocycles. The number of pyridine rings is 1. The Labute approximate surface area is 157 Å². The van der Waals surface area contributed by atoms with Gasteiger partial charge < -0.3 is 10.1 Å². The number of nitrogens with one attached hydrogen (secondary N) is 1. The van der Waals surface area contributed by atoms with Crippen molar-refractivity contribution >= 4 is 27.7 Å². The predicted molar refractivity (Wildman–Crippen MR) is 101 cm³/mol. The van der Waals surface area contributed by atoms with Gasteiger partial charge in [0.25, 0.3) is 0 Å². The van der Waals surface area contributed by atoms with E-state index >= 15 is 0 Å². The second-order valence-electron chi connectivity index (χ2n) is 5.42. The lowest BCUT2D eigenvalue weighted by molar-refractivity contribution is -0.118. The number of hydrogen-bond donors (Lipinski definition) is 1. The van der Waals surface area contributed by atoms with E-state index < -0.39 is 10.0 Å². The quantitative estimate of drug-likeness (QED) is 0.513. The molecule has 0 fully saturated rings. The minimum atomic E-state index is -3.49. The lowest BCUT2D eigenvalue weighted by Gasteiger charge is -2.11. The average Bonchev–Trinajstić information content (AvgIpc) is 2.64. The minimum Gasteiger partial charge on any atom is -0.492 e. The van der Waals surface area contributed by atoms with Gasteiger partial charge in [-0.1, -0.05) is 30.0 Å². The molecule has 0 radical (unpaired) electrons. The fourth-order valence-electron chi connectivity index (χ4n) is 1.88. The van der Waals surface area contributed by atoms with Crippen molar-refractivity contribution in [3.8, 4) is 5.75 Å². The minimum absolute atomic E-state index is 0.120. The number of aromatic nitrogens is 1. The maximum atomic E-state index is 12.0. The summed E-state index contributed by atoms with van der Waals surface area (Å²) in [6.07, 6.45) is 1.29. The van der Waals surface area contributed by atoms with Gasteiger partial charge in [-0.05, 0) is 24.3 Å². The summed E-state index contributed by atoms with van der Waals surface area (Å²) in [5.41, 5.74) is 0. The molecule has 26 heavy (non-hydrogen) atoms. The molecule has 1 N–H and O–H groups in total. The lowest BCUT2D eigenvalue weighted by Crippen LogP contribution is -2.29. The van der Waals surface area contributed by atoms with Gasteiger partial charge in [0.15, 0.2) is 0 Å². The third-order valence-corrected chi connectivity index (χ3v) is 6.02. The molecule has 2 aromatic rings. The van der Waals surface area contributed by atoms with Gasteiger partial charge in [0.1, 0.15) is 17.3 Å². The molecule has 0 saturated carbocycles. The molecule has 1 aromatic heterocycles. The Morgan fingerprint density at radius 1 is 1.19 bits per heavy atom. The molecule has 0 aliphatic heterocycles. The molecule has 0 saturated heterocycles. The molecule has 0 spiro atoms. The Bertz CT molecular complexity index is 810. The van der Waals surface area contributed by atoms with Gasteiger partial charge in [0.2, 0.25) is 15.9 Å². The molecule has 140 valence electrons. The van der Waals surface area contributed by atoms with E-state index in [-0.39, 0.29) is 16.6 Å². The van der Waals surface area contributed by atoms with Crippen molar-refractivity contribution in [3.05, 3.63) is 48.7 Å². The molecule has 7 nitrogen and oxygen atoms in total. The summed E-state index contributed by atoms with van der Waals surface area (Å²) in [4.78, 5) is 16.0. The van der Waals surface area contributed by atoms with E-state index in [0.717, 1.165) is 10.1 Å². The van der Waals surface area contributed by atoms with Crippen LogP contribution in [0.3, 0.4) is 0 Å². The van der Waals surface area contributed by atoms with Crippen LogP contribution >= 0.6 is 11.8 Å². The second kappa shape index (κ2) is 9.56. The number of para-hydroxylation sites is 1. The van der Waals surface area contributed by atoms with Crippen LogP contribution in [0.15, 0.2) is 58.6 Å². The van der Waals surface area contributed by atoms with Crippen LogP contribution in [0.5, 0.6) is 5.75 Å². The number of amides is 1. The van der Waals surface area contributed by atoms with Crippen LogP contribution in [0.1, 0.15) is 0 Å². The number of sulfonamides is 1. The number of carbonyl (C=O) groups is 1. The molecule has 0 aliphatic rings. The van der Waals surface area contributed by atoms with Crippen LogP contribution in [0.25, 0.3) is 0 Å². The first kappa shape index (κ1) is 20.2. The van der Waals surface area contributed by atoms with Crippen molar-refractivity contribution in [2.24, 2.45) is 0 Å². The molecule has 1 amide bonds. The van der Waals surface area contributed by atoms with E-state index in [2.05, 4.69) is 10.3 Å². The second-order valence-corrected chi connectivity index (χ2v) is 8.57. The molecule has 0 aliphatic carbocycles. The molecular weight excluding hydrogens is 374 g/mol. The molecular formula is C17H21N3O4S2. The number of benzene rings is 1. The van der Waals surface area contributed by atoms with Crippen LogP contribution in [-0.2, 0) is 14.8 Å². The van der Waals surface area contributed by atoms with Gasteiger partial charge in [0.05, 0.1) is 17.3 Å². The van der Waals surface area contributed by atoms with E-state index in [4.69, 9.17) is 4.74 Å². The first-order valence-corrected chi connectivity index (χ1v) is 10.3. The van der Waals surface area contributed by atoms with Gasteiger partial charge in [0, 0.05) is 20.3 Å². The molecule has 2 rings (SSSR count). The monoisotopic (exact) mass is 395 g/mol. The zero-order valence-electron chi connectivity index (χ0n) is 14.6. The summed E-state index contributed by atoms with van der Waals surface area (Å²) in [5.74, 6) is 0.810. The number of carbonyl (C=O) groups excluding carboxylic acids is 1. The fourth-order valence-corrected chi connectivity index (χ4v) is 3.40. The van der Waals surface area contributed by atoms with Gasteiger partial charge in [-0.2, -0.15) is 0 Å². The van der Waals surface area contributed by atoms with E-state index in [1.54, 1.807) is 6.07 Å². The fraction of sp³-hybridized carbons (Fsp3) is 0.294. The van der Waals surface area contributed by atoms with Gasteiger partial charge >= 0.3 is 0 Å². The summed E-state index contributed by atoms with van der Waals surface area (Å²) in [6.45, 7) is 0.789. The third-order valence-electron chi connectivity index (χ3n) is 3.28. The molecule has 9 heteroatoms. The van der Waals surface area contributed by atoms with Crippen molar-refractivity contribution in [1.82, 2.24) is 14.6 Å². The van der Waals surface area contributed by atoms with Crippen LogP contribution in [0.2, 0.25) is 0 Å². The maximum absolute atomic E-state index is 12.0. The number of nitrogens with zero attached hydrogens (tertiary/aromatic N) is 2. The smallest absolute Gasteiger partial charge is 0.244 e. The highest BCUT2D eigenvalue weighted by Gasteiger charge is 2.17. The maximum Gasteiger partial charge on any atom is 0.244 e. The van der Waals surface area contributed by atoms with Crippen LogP contribution < -0.4 is 10.1 Å². The molecule has 0 unspecified atom stereocenters. The largest absolute Gasteiger partial charge is 0.492 e. The van der Waals surface area contributed by atoms with E-state index in [9.17, 15) is 13.2 Å². The van der Waals surface area contributed by atoms with Crippen LogP contribution in [0, 0.1) is 0 Å². The standard InChI is InChI=1S/C17H21N3O4S2/c1-20(2)26(22,23)15-8-9-17(19-12-15)25-13-16(21)18-10-11-24-14-6-4-3-5-7-14/h3-9,12H,10-11,13H2,1-2H3,(H,18,21). The van der Waals surface area contributed by atoms with Crippen molar-refractivity contribution in [2.75, 3.05) is 33.0 Å². The Hall–Kier alpha value is -2.10. The Morgan fingerprint density at radius 3 is 2.54 bits per heavy atom. The number of hydrogen-bond acceptors (Lipinski definition) is 6. The SMILES string of the molecule is CN(C)S(=O)(=O)c1ccc(SCC(=O)NCCOc2ccccc2)nc1. The number of ether oxygens (including phenoxy) is 1. The lowest BCUT2D eigenvalue weighted by atomic mass is 10.3. The Morgan fingerprint density at radius 2 is 1.92 bits per heavy atom. The van der Waals surface area contributed by atoms with E-state index in [0.29, 0.717) is 18.2 Å². The predicted octanol–water partition coefficient (Wildman–Crippen LogP) is 1.62. The topological polar surface area (TPSA) is 88.6 Å². The number of thioether (sulfide) groups is 1. The van der Waals surface area contributed by atoms with E-state index in [1.165, 1.54) is 38.1 Å². The highest BCUT2D eigenvalue weighted by molar-refractivity contribution is 7.99. The summed E-state index contributed by atoms with van der Waals surface area (Å²) >= 11 is 1.24. The summed E-state index contributed by atoms with van der Waals surface area (Å²) in [7, 11) is -0.570. The molecule has 1 aromatic carbocycles. The molecule has 0 bridgehead atoms. The van der Waals surface area contributed by atoms with Crippen molar-refractivity contribution < 1.29 is 17.9 Å². The highest BCUT2D eigenvalue weighted by Crippen LogP contribution is 2.18. The summed E-state index contributed by atoms with van der Waals surface area (Å²) in [5, 5.41) is 3.34. The normalized spacial score (nSPS) is 11.3. The van der Waals surface area contributed by atoms with Crippen molar-refractivity contribution in [2.45, 2.75) is 9.92 Å².